The van der Waals surface area contributed by atoms with Gasteiger partial charge in [-0.25, -0.2) is 0 Å². The summed E-state index contributed by atoms with van der Waals surface area (Å²) in [5.41, 5.74) is 1.72. The molecule has 0 unspecified atom stereocenters. The highest BCUT2D eigenvalue weighted by atomic mass is 32.1. The number of benzene rings is 1. The predicted octanol–water partition coefficient (Wildman–Crippen LogP) is 3.52. The van der Waals surface area contributed by atoms with Crippen molar-refractivity contribution in [3.05, 3.63) is 52.2 Å². The van der Waals surface area contributed by atoms with Gasteiger partial charge in [0, 0.05) is 37.0 Å². The second-order valence-corrected chi connectivity index (χ2v) is 7.60. The number of thiophene rings is 1. The number of carbonyl (C=O) groups is 3. The van der Waals surface area contributed by atoms with Gasteiger partial charge in [-0.1, -0.05) is 12.1 Å². The Morgan fingerprint density at radius 1 is 1.04 bits per heavy atom. The van der Waals surface area contributed by atoms with E-state index in [1.807, 2.05) is 22.4 Å². The van der Waals surface area contributed by atoms with E-state index >= 15 is 0 Å². The van der Waals surface area contributed by atoms with E-state index in [0.717, 1.165) is 32.4 Å². The normalized spacial score (nSPS) is 13.8. The Bertz CT molecular complexity index is 814. The van der Waals surface area contributed by atoms with E-state index in [1.54, 1.807) is 23.6 Å². The lowest BCUT2D eigenvalue weighted by Gasteiger charge is -2.27. The van der Waals surface area contributed by atoms with E-state index in [0.29, 0.717) is 29.8 Å². The summed E-state index contributed by atoms with van der Waals surface area (Å²) in [7, 11) is 0. The lowest BCUT2D eigenvalue weighted by atomic mass is 10.1. The minimum absolute atomic E-state index is 0.0290. The third-order valence-electron chi connectivity index (χ3n) is 4.72. The molecule has 1 aromatic carbocycles. The van der Waals surface area contributed by atoms with Gasteiger partial charge in [-0.15, -0.1) is 0 Å². The number of carbonyl (C=O) groups excluding carboxylic acids is 3. The zero-order valence-electron chi connectivity index (χ0n) is 15.8. The maximum Gasteiger partial charge on any atom is 0.255 e. The van der Waals surface area contributed by atoms with Gasteiger partial charge in [0.15, 0.2) is 0 Å². The quantitative estimate of drug-likeness (QED) is 0.699. The average Bonchev–Trinajstić information content (AvgIpc) is 3.27. The minimum Gasteiger partial charge on any atom is -0.352 e. The molecule has 28 heavy (non-hydrogen) atoms. The van der Waals surface area contributed by atoms with Crippen molar-refractivity contribution in [2.75, 3.05) is 25.0 Å². The van der Waals surface area contributed by atoms with Gasteiger partial charge in [-0.3, -0.25) is 14.4 Å². The first-order valence-electron chi connectivity index (χ1n) is 9.63. The number of piperidine rings is 1. The molecule has 0 saturated carbocycles. The van der Waals surface area contributed by atoms with Crippen LogP contribution in [-0.4, -0.2) is 42.3 Å². The molecular weight excluding hydrogens is 374 g/mol. The first-order valence-corrected chi connectivity index (χ1v) is 10.6. The van der Waals surface area contributed by atoms with Crippen LogP contribution in [0.25, 0.3) is 0 Å². The molecular formula is C21H25N3O3S. The number of rotatable bonds is 7. The molecule has 2 aromatic rings. The number of para-hydroxylation sites is 1. The second-order valence-electron chi connectivity index (χ2n) is 6.82. The number of nitrogens with one attached hydrogen (secondary N) is 2. The molecule has 0 bridgehead atoms. The van der Waals surface area contributed by atoms with E-state index in [-0.39, 0.29) is 24.1 Å². The van der Waals surface area contributed by atoms with Gasteiger partial charge in [0.1, 0.15) is 0 Å². The Morgan fingerprint density at radius 2 is 1.82 bits per heavy atom. The fourth-order valence-electron chi connectivity index (χ4n) is 3.21. The first kappa shape index (κ1) is 20.1. The smallest absolute Gasteiger partial charge is 0.255 e. The minimum atomic E-state index is -0.163. The maximum atomic E-state index is 12.8. The van der Waals surface area contributed by atoms with Gasteiger partial charge >= 0.3 is 0 Å². The van der Waals surface area contributed by atoms with E-state index < -0.39 is 0 Å². The molecule has 3 amide bonds. The van der Waals surface area contributed by atoms with Crippen molar-refractivity contribution < 1.29 is 14.4 Å². The van der Waals surface area contributed by atoms with Crippen LogP contribution in [0.4, 0.5) is 5.69 Å². The summed E-state index contributed by atoms with van der Waals surface area (Å²) in [6.45, 7) is 1.96. The summed E-state index contributed by atoms with van der Waals surface area (Å²) in [5, 5.41) is 9.29. The molecule has 148 valence electrons. The fraction of sp³-hybridized carbons (Fsp3) is 0.381. The second kappa shape index (κ2) is 10.0. The van der Waals surface area contributed by atoms with Crippen molar-refractivity contribution in [1.82, 2.24) is 10.2 Å². The highest BCUT2D eigenvalue weighted by molar-refractivity contribution is 7.08. The number of hydrogen-bond acceptors (Lipinski definition) is 4. The van der Waals surface area contributed by atoms with Gasteiger partial charge in [0.05, 0.1) is 11.3 Å². The van der Waals surface area contributed by atoms with Crippen LogP contribution in [0.5, 0.6) is 0 Å². The summed E-state index contributed by atoms with van der Waals surface area (Å²) in [5.74, 6) is -0.318. The number of nitrogens with zero attached hydrogens (tertiary/aromatic N) is 1. The monoisotopic (exact) mass is 399 g/mol. The molecule has 3 rings (SSSR count). The van der Waals surface area contributed by atoms with Crippen LogP contribution in [0.1, 0.15) is 52.8 Å². The van der Waals surface area contributed by atoms with E-state index in [9.17, 15) is 14.4 Å². The summed E-state index contributed by atoms with van der Waals surface area (Å²) in [6.07, 6.45) is 4.01. The summed E-state index contributed by atoms with van der Waals surface area (Å²) in [6, 6.07) is 8.90. The number of anilines is 1. The molecule has 2 N–H and O–H groups in total. The van der Waals surface area contributed by atoms with E-state index in [4.69, 9.17) is 0 Å². The molecule has 1 aliphatic heterocycles. The van der Waals surface area contributed by atoms with Gasteiger partial charge in [0.2, 0.25) is 5.91 Å². The van der Waals surface area contributed by atoms with Gasteiger partial charge < -0.3 is 15.5 Å². The van der Waals surface area contributed by atoms with Crippen LogP contribution >= 0.6 is 11.3 Å². The lowest BCUT2D eigenvalue weighted by Crippen LogP contribution is -2.36. The number of likely N-dealkylation sites (tertiary alicyclic amines) is 1. The van der Waals surface area contributed by atoms with E-state index in [1.165, 1.54) is 11.3 Å². The van der Waals surface area contributed by atoms with Crippen molar-refractivity contribution in [2.45, 2.75) is 32.1 Å². The Morgan fingerprint density at radius 3 is 2.57 bits per heavy atom. The summed E-state index contributed by atoms with van der Waals surface area (Å²) in [4.78, 5) is 38.8. The molecule has 7 heteroatoms. The van der Waals surface area contributed by atoms with E-state index in [2.05, 4.69) is 10.6 Å². The molecule has 1 fully saturated rings. The molecule has 0 radical (unpaired) electrons. The molecule has 0 aliphatic carbocycles. The lowest BCUT2D eigenvalue weighted by molar-refractivity contribution is -0.116. The highest BCUT2D eigenvalue weighted by Gasteiger charge is 2.21. The third kappa shape index (κ3) is 5.42. The van der Waals surface area contributed by atoms with Crippen LogP contribution in [0.2, 0.25) is 0 Å². The van der Waals surface area contributed by atoms with Crippen molar-refractivity contribution in [1.29, 1.82) is 0 Å². The molecule has 1 aromatic heterocycles. The van der Waals surface area contributed by atoms with Crippen molar-refractivity contribution in [3.8, 4) is 0 Å². The number of hydrogen-bond donors (Lipinski definition) is 2. The van der Waals surface area contributed by atoms with Crippen LogP contribution < -0.4 is 10.6 Å². The fourth-order valence-corrected chi connectivity index (χ4v) is 3.84. The van der Waals surface area contributed by atoms with Crippen LogP contribution in [0.3, 0.4) is 0 Å². The topological polar surface area (TPSA) is 78.5 Å². The van der Waals surface area contributed by atoms with Crippen molar-refractivity contribution in [2.24, 2.45) is 0 Å². The zero-order valence-corrected chi connectivity index (χ0v) is 16.6. The zero-order chi connectivity index (χ0) is 19.8. The van der Waals surface area contributed by atoms with Gasteiger partial charge in [-0.05, 0) is 49.3 Å². The predicted molar refractivity (Wildman–Crippen MR) is 111 cm³/mol. The third-order valence-corrected chi connectivity index (χ3v) is 5.41. The average molecular weight is 400 g/mol. The Labute approximate surface area is 168 Å². The molecule has 0 atom stereocenters. The molecule has 2 heterocycles. The first-order chi connectivity index (χ1) is 13.6. The summed E-state index contributed by atoms with van der Waals surface area (Å²) < 4.78 is 0. The number of amides is 3. The Kier molecular flexibility index (Phi) is 7.19. The summed E-state index contributed by atoms with van der Waals surface area (Å²) >= 11 is 1.47. The van der Waals surface area contributed by atoms with Crippen LogP contribution in [0.15, 0.2) is 41.1 Å². The standard InChI is InChI=1S/C21H25N3O3S/c25-19(9-6-11-22-20(26)16-10-14-28-15-16)23-18-8-3-2-7-17(18)21(27)24-12-4-1-5-13-24/h2-3,7-8,10,14-15H,1,4-6,9,11-13H2,(H,22,26)(H,23,25). The van der Waals surface area contributed by atoms with Crippen molar-refractivity contribution in [3.63, 3.8) is 0 Å². The van der Waals surface area contributed by atoms with Crippen molar-refractivity contribution >= 4 is 34.7 Å². The largest absolute Gasteiger partial charge is 0.352 e. The van der Waals surface area contributed by atoms with Crippen LogP contribution in [-0.2, 0) is 4.79 Å². The molecule has 6 nitrogen and oxygen atoms in total. The molecule has 0 spiro atoms. The highest BCUT2D eigenvalue weighted by Crippen LogP contribution is 2.20. The molecule has 1 aliphatic rings. The maximum absolute atomic E-state index is 12.8. The Hall–Kier alpha value is -2.67. The van der Waals surface area contributed by atoms with Gasteiger partial charge in [-0.2, -0.15) is 11.3 Å². The van der Waals surface area contributed by atoms with Crippen LogP contribution in [0, 0.1) is 0 Å². The SMILES string of the molecule is O=C(CCCNC(=O)c1ccsc1)Nc1ccccc1C(=O)N1CCCCC1. The molecule has 1 saturated heterocycles. The Balaban J connectivity index is 1.48. The van der Waals surface area contributed by atoms with Gasteiger partial charge in [0.25, 0.3) is 11.8 Å².